The number of aromatic nitrogens is 3. The highest BCUT2D eigenvalue weighted by Crippen LogP contribution is 2.24. The SMILES string of the molecule is CN(C)CCCNc1cnnc(Nc2ccc(C(C)(C)C)cc2)n1. The number of anilines is 3. The third-order valence-corrected chi connectivity index (χ3v) is 3.65. The Hall–Kier alpha value is -2.21. The van der Waals surface area contributed by atoms with Crippen LogP contribution in [0.4, 0.5) is 17.5 Å². The first-order valence-electron chi connectivity index (χ1n) is 8.30. The topological polar surface area (TPSA) is 66.0 Å². The van der Waals surface area contributed by atoms with E-state index in [4.69, 9.17) is 0 Å². The second-order valence-electron chi connectivity index (χ2n) is 7.20. The van der Waals surface area contributed by atoms with Gasteiger partial charge in [0.2, 0.25) is 5.95 Å². The van der Waals surface area contributed by atoms with Gasteiger partial charge < -0.3 is 15.5 Å². The van der Waals surface area contributed by atoms with Crippen molar-refractivity contribution >= 4 is 17.5 Å². The minimum absolute atomic E-state index is 0.146. The summed E-state index contributed by atoms with van der Waals surface area (Å²) in [5, 5.41) is 14.5. The van der Waals surface area contributed by atoms with Gasteiger partial charge in [0.05, 0.1) is 6.20 Å². The summed E-state index contributed by atoms with van der Waals surface area (Å²) in [5.41, 5.74) is 2.39. The molecule has 0 spiro atoms. The van der Waals surface area contributed by atoms with Gasteiger partial charge in [0.25, 0.3) is 0 Å². The van der Waals surface area contributed by atoms with Crippen LogP contribution in [0.3, 0.4) is 0 Å². The predicted molar refractivity (Wildman–Crippen MR) is 99.9 cm³/mol. The zero-order valence-corrected chi connectivity index (χ0v) is 15.3. The summed E-state index contributed by atoms with van der Waals surface area (Å²) in [6, 6.07) is 8.33. The first-order chi connectivity index (χ1) is 11.3. The van der Waals surface area contributed by atoms with Crippen molar-refractivity contribution in [3.05, 3.63) is 36.0 Å². The van der Waals surface area contributed by atoms with E-state index in [0.29, 0.717) is 5.95 Å². The Labute approximate surface area is 144 Å². The third-order valence-electron chi connectivity index (χ3n) is 3.65. The Morgan fingerprint density at radius 1 is 1.08 bits per heavy atom. The van der Waals surface area contributed by atoms with E-state index in [0.717, 1.165) is 31.0 Å². The van der Waals surface area contributed by atoms with Crippen LogP contribution in [0.15, 0.2) is 30.5 Å². The molecule has 2 N–H and O–H groups in total. The fourth-order valence-electron chi connectivity index (χ4n) is 2.24. The maximum atomic E-state index is 4.45. The minimum Gasteiger partial charge on any atom is -0.369 e. The summed E-state index contributed by atoms with van der Waals surface area (Å²) in [6.45, 7) is 8.50. The molecule has 6 nitrogen and oxygen atoms in total. The monoisotopic (exact) mass is 328 g/mol. The van der Waals surface area contributed by atoms with E-state index < -0.39 is 0 Å². The molecule has 0 amide bonds. The predicted octanol–water partition coefficient (Wildman–Crippen LogP) is 3.28. The molecule has 130 valence electrons. The molecule has 0 aliphatic rings. The molecule has 0 unspecified atom stereocenters. The van der Waals surface area contributed by atoms with Crippen LogP contribution < -0.4 is 10.6 Å². The Morgan fingerprint density at radius 3 is 2.42 bits per heavy atom. The zero-order chi connectivity index (χ0) is 17.6. The maximum absolute atomic E-state index is 4.45. The van der Waals surface area contributed by atoms with E-state index >= 15 is 0 Å². The van der Waals surface area contributed by atoms with Crippen LogP contribution in [0, 0.1) is 0 Å². The quantitative estimate of drug-likeness (QED) is 0.761. The second kappa shape index (κ2) is 8.06. The molecule has 6 heteroatoms. The first-order valence-corrected chi connectivity index (χ1v) is 8.30. The lowest BCUT2D eigenvalue weighted by Gasteiger charge is -2.19. The Morgan fingerprint density at radius 2 is 1.79 bits per heavy atom. The summed E-state index contributed by atoms with van der Waals surface area (Å²) in [7, 11) is 4.14. The molecular formula is C18H28N6. The first kappa shape index (κ1) is 18.1. The molecule has 2 rings (SSSR count). The van der Waals surface area contributed by atoms with E-state index in [-0.39, 0.29) is 5.41 Å². The Bertz CT molecular complexity index is 631. The summed E-state index contributed by atoms with van der Waals surface area (Å²) in [4.78, 5) is 6.61. The Kier molecular flexibility index (Phi) is 6.09. The fraction of sp³-hybridized carbons (Fsp3) is 0.500. The lowest BCUT2D eigenvalue weighted by atomic mass is 9.87. The molecule has 2 aromatic rings. The van der Waals surface area contributed by atoms with Gasteiger partial charge in [-0.25, -0.2) is 0 Å². The summed E-state index contributed by atoms with van der Waals surface area (Å²) in [5.74, 6) is 1.23. The van der Waals surface area contributed by atoms with Gasteiger partial charge in [0.1, 0.15) is 0 Å². The van der Waals surface area contributed by atoms with E-state index in [1.807, 2.05) is 12.1 Å². The molecule has 1 heterocycles. The molecule has 0 saturated carbocycles. The molecule has 0 fully saturated rings. The van der Waals surface area contributed by atoms with Crippen LogP contribution in [0.2, 0.25) is 0 Å². The van der Waals surface area contributed by atoms with Crippen LogP contribution in [0.5, 0.6) is 0 Å². The van der Waals surface area contributed by atoms with Crippen molar-refractivity contribution in [2.24, 2.45) is 0 Å². The molecule has 1 aromatic carbocycles. The van der Waals surface area contributed by atoms with Gasteiger partial charge in [-0.05, 0) is 50.2 Å². The van der Waals surface area contributed by atoms with E-state index in [1.165, 1.54) is 5.56 Å². The van der Waals surface area contributed by atoms with Gasteiger partial charge in [-0.3, -0.25) is 0 Å². The van der Waals surface area contributed by atoms with Gasteiger partial charge in [0, 0.05) is 12.2 Å². The fourth-order valence-corrected chi connectivity index (χ4v) is 2.24. The summed E-state index contributed by atoms with van der Waals surface area (Å²) >= 11 is 0. The second-order valence-corrected chi connectivity index (χ2v) is 7.20. The lowest BCUT2D eigenvalue weighted by Crippen LogP contribution is -2.17. The molecule has 0 saturated heterocycles. The lowest BCUT2D eigenvalue weighted by molar-refractivity contribution is 0.405. The van der Waals surface area contributed by atoms with Crippen molar-refractivity contribution in [2.45, 2.75) is 32.6 Å². The van der Waals surface area contributed by atoms with E-state index in [9.17, 15) is 0 Å². The number of hydrogen-bond donors (Lipinski definition) is 2. The van der Waals surface area contributed by atoms with E-state index in [2.05, 4.69) is 77.7 Å². The van der Waals surface area contributed by atoms with Gasteiger partial charge in [-0.1, -0.05) is 32.9 Å². The summed E-state index contributed by atoms with van der Waals surface area (Å²) in [6.07, 6.45) is 2.69. The number of rotatable bonds is 7. The van der Waals surface area contributed by atoms with Crippen molar-refractivity contribution in [2.75, 3.05) is 37.8 Å². The van der Waals surface area contributed by atoms with Crippen LogP contribution >= 0.6 is 0 Å². The average Bonchev–Trinajstić information content (AvgIpc) is 2.51. The Balaban J connectivity index is 1.94. The third kappa shape index (κ3) is 5.77. The smallest absolute Gasteiger partial charge is 0.249 e. The standard InChI is InChI=1S/C18H28N6/c1-18(2,3)14-7-9-15(10-8-14)21-17-22-16(13-20-23-17)19-11-6-12-24(4)5/h7-10,13H,6,11-12H2,1-5H3,(H2,19,21,22,23). The molecule has 0 atom stereocenters. The maximum Gasteiger partial charge on any atom is 0.249 e. The van der Waals surface area contributed by atoms with Crippen LogP contribution in [0.1, 0.15) is 32.8 Å². The van der Waals surface area contributed by atoms with Gasteiger partial charge in [0.15, 0.2) is 5.82 Å². The molecule has 1 aromatic heterocycles. The number of benzene rings is 1. The van der Waals surface area contributed by atoms with Gasteiger partial charge in [-0.15, -0.1) is 5.10 Å². The van der Waals surface area contributed by atoms with Gasteiger partial charge >= 0.3 is 0 Å². The molecule has 0 radical (unpaired) electrons. The van der Waals surface area contributed by atoms with Crippen molar-refractivity contribution in [3.63, 3.8) is 0 Å². The number of nitrogens with zero attached hydrogens (tertiary/aromatic N) is 4. The van der Waals surface area contributed by atoms with Crippen LogP contribution in [-0.2, 0) is 5.41 Å². The highest BCUT2D eigenvalue weighted by Gasteiger charge is 2.13. The molecule has 24 heavy (non-hydrogen) atoms. The largest absolute Gasteiger partial charge is 0.369 e. The molecule has 0 aliphatic carbocycles. The number of nitrogens with one attached hydrogen (secondary N) is 2. The van der Waals surface area contributed by atoms with Crippen molar-refractivity contribution in [3.8, 4) is 0 Å². The van der Waals surface area contributed by atoms with Crippen LogP contribution in [0.25, 0.3) is 0 Å². The zero-order valence-electron chi connectivity index (χ0n) is 15.3. The average molecular weight is 328 g/mol. The number of hydrogen-bond acceptors (Lipinski definition) is 6. The molecular weight excluding hydrogens is 300 g/mol. The van der Waals surface area contributed by atoms with Gasteiger partial charge in [-0.2, -0.15) is 10.1 Å². The molecule has 0 aliphatic heterocycles. The highest BCUT2D eigenvalue weighted by atomic mass is 15.3. The minimum atomic E-state index is 0.146. The summed E-state index contributed by atoms with van der Waals surface area (Å²) < 4.78 is 0. The normalized spacial score (nSPS) is 11.6. The highest BCUT2D eigenvalue weighted by molar-refractivity contribution is 5.55. The van der Waals surface area contributed by atoms with Crippen molar-refractivity contribution in [1.29, 1.82) is 0 Å². The van der Waals surface area contributed by atoms with Crippen LogP contribution in [-0.4, -0.2) is 47.3 Å². The van der Waals surface area contributed by atoms with Crippen molar-refractivity contribution in [1.82, 2.24) is 20.1 Å². The van der Waals surface area contributed by atoms with E-state index in [1.54, 1.807) is 6.20 Å². The van der Waals surface area contributed by atoms with Crippen molar-refractivity contribution < 1.29 is 0 Å². The molecule has 0 bridgehead atoms.